The molecular formula is C16H26N2O4. The number of para-hydroxylation sites is 2. The van der Waals surface area contributed by atoms with Gasteiger partial charge in [-0.05, 0) is 18.1 Å². The zero-order valence-electron chi connectivity index (χ0n) is 13.7. The number of methoxy groups -OCH3 is 1. The zero-order valence-corrected chi connectivity index (χ0v) is 13.7. The lowest BCUT2D eigenvalue weighted by Gasteiger charge is -2.22. The highest BCUT2D eigenvalue weighted by molar-refractivity contribution is 5.90. The molecule has 1 atom stereocenters. The number of ether oxygens (including phenoxy) is 2. The molecule has 0 aliphatic heterocycles. The molecule has 1 unspecified atom stereocenters. The molecule has 0 fully saturated rings. The maximum absolute atomic E-state index is 12.1. The van der Waals surface area contributed by atoms with Crippen LogP contribution in [0.4, 0.5) is 10.5 Å². The van der Waals surface area contributed by atoms with E-state index in [2.05, 4.69) is 19.2 Å². The minimum atomic E-state index is -0.715. The lowest BCUT2D eigenvalue weighted by Crippen LogP contribution is -2.38. The van der Waals surface area contributed by atoms with Crippen LogP contribution in [0, 0.1) is 5.92 Å². The van der Waals surface area contributed by atoms with Crippen molar-refractivity contribution in [2.75, 3.05) is 39.2 Å². The third kappa shape index (κ3) is 6.32. The van der Waals surface area contributed by atoms with Crippen molar-refractivity contribution in [1.82, 2.24) is 4.90 Å². The topological polar surface area (TPSA) is 71.0 Å². The molecule has 1 aromatic rings. The first-order valence-electron chi connectivity index (χ1n) is 7.35. The van der Waals surface area contributed by atoms with Crippen LogP contribution in [0.25, 0.3) is 0 Å². The van der Waals surface area contributed by atoms with Crippen LogP contribution in [0.1, 0.15) is 13.8 Å². The molecule has 0 aliphatic rings. The zero-order chi connectivity index (χ0) is 16.5. The largest absolute Gasteiger partial charge is 0.491 e. The van der Waals surface area contributed by atoms with Crippen molar-refractivity contribution in [2.45, 2.75) is 20.0 Å². The molecule has 0 aromatic heterocycles. The normalized spacial score (nSPS) is 12.1. The highest BCUT2D eigenvalue weighted by atomic mass is 16.5. The van der Waals surface area contributed by atoms with E-state index in [9.17, 15) is 9.90 Å². The molecule has 0 heterocycles. The Bertz CT molecular complexity index is 465. The summed E-state index contributed by atoms with van der Waals surface area (Å²) in [6, 6.07) is 6.98. The van der Waals surface area contributed by atoms with Gasteiger partial charge in [-0.1, -0.05) is 26.0 Å². The van der Waals surface area contributed by atoms with Crippen LogP contribution >= 0.6 is 0 Å². The first-order chi connectivity index (χ1) is 10.4. The Hall–Kier alpha value is -1.79. The first-order valence-corrected chi connectivity index (χ1v) is 7.35. The molecule has 2 N–H and O–H groups in total. The molecule has 6 heteroatoms. The van der Waals surface area contributed by atoms with Crippen LogP contribution < -0.4 is 10.1 Å². The number of rotatable bonds is 8. The number of amides is 2. The maximum atomic E-state index is 12.1. The predicted octanol–water partition coefficient (Wildman–Crippen LogP) is 2.19. The molecule has 0 radical (unpaired) electrons. The quantitative estimate of drug-likeness (QED) is 0.772. The van der Waals surface area contributed by atoms with E-state index in [0.717, 1.165) is 0 Å². The smallest absolute Gasteiger partial charge is 0.321 e. The molecule has 22 heavy (non-hydrogen) atoms. The summed E-state index contributed by atoms with van der Waals surface area (Å²) in [7, 11) is 3.12. The summed E-state index contributed by atoms with van der Waals surface area (Å²) in [5, 5.41) is 12.5. The van der Waals surface area contributed by atoms with E-state index in [1.165, 1.54) is 12.0 Å². The summed E-state index contributed by atoms with van der Waals surface area (Å²) < 4.78 is 10.5. The van der Waals surface area contributed by atoms with Gasteiger partial charge < -0.3 is 24.8 Å². The standard InChI is InChI=1S/C16H26N2O4/c1-12(2)10-22-15-8-6-5-7-14(15)17-16(20)18(3)9-13(19)11-21-4/h5-8,12-13,19H,9-11H2,1-4H3,(H,17,20). The average molecular weight is 310 g/mol. The molecule has 0 saturated heterocycles. The maximum Gasteiger partial charge on any atom is 0.321 e. The molecule has 124 valence electrons. The number of carbonyl (C=O) groups is 1. The summed E-state index contributed by atoms with van der Waals surface area (Å²) in [5.41, 5.74) is 0.612. The fourth-order valence-electron chi connectivity index (χ4n) is 1.81. The number of aliphatic hydroxyl groups is 1. The van der Waals surface area contributed by atoms with Crippen LogP contribution in [-0.2, 0) is 4.74 Å². The van der Waals surface area contributed by atoms with Gasteiger partial charge >= 0.3 is 6.03 Å². The number of hydrogen-bond acceptors (Lipinski definition) is 4. The van der Waals surface area contributed by atoms with E-state index in [-0.39, 0.29) is 19.2 Å². The number of benzene rings is 1. The van der Waals surface area contributed by atoms with Gasteiger partial charge in [-0.25, -0.2) is 4.79 Å². The Morgan fingerprint density at radius 3 is 2.64 bits per heavy atom. The molecule has 2 amide bonds. The molecule has 1 rings (SSSR count). The predicted molar refractivity (Wildman–Crippen MR) is 86.3 cm³/mol. The lowest BCUT2D eigenvalue weighted by atomic mass is 10.2. The van der Waals surface area contributed by atoms with Crippen LogP contribution in [-0.4, -0.2) is 56.1 Å². The van der Waals surface area contributed by atoms with Gasteiger partial charge in [0, 0.05) is 14.2 Å². The summed E-state index contributed by atoms with van der Waals surface area (Å²) >= 11 is 0. The van der Waals surface area contributed by atoms with Crippen molar-refractivity contribution in [1.29, 1.82) is 0 Å². The van der Waals surface area contributed by atoms with Gasteiger partial charge in [0.25, 0.3) is 0 Å². The van der Waals surface area contributed by atoms with E-state index >= 15 is 0 Å². The van der Waals surface area contributed by atoms with Crippen molar-refractivity contribution in [2.24, 2.45) is 5.92 Å². The van der Waals surface area contributed by atoms with Gasteiger partial charge in [0.05, 0.1) is 31.5 Å². The Labute approximate surface area is 132 Å². The second-order valence-corrected chi connectivity index (χ2v) is 5.62. The molecule has 1 aromatic carbocycles. The Kier molecular flexibility index (Phi) is 7.70. The highest BCUT2D eigenvalue weighted by Crippen LogP contribution is 2.24. The number of aliphatic hydroxyl groups excluding tert-OH is 1. The summed E-state index contributed by atoms with van der Waals surface area (Å²) in [5.74, 6) is 1.03. The number of carbonyl (C=O) groups excluding carboxylic acids is 1. The second-order valence-electron chi connectivity index (χ2n) is 5.62. The number of nitrogens with zero attached hydrogens (tertiary/aromatic N) is 1. The monoisotopic (exact) mass is 310 g/mol. The van der Waals surface area contributed by atoms with Gasteiger partial charge in [0.15, 0.2) is 0 Å². The minimum Gasteiger partial charge on any atom is -0.491 e. The minimum absolute atomic E-state index is 0.186. The van der Waals surface area contributed by atoms with Crippen LogP contribution in [0.15, 0.2) is 24.3 Å². The van der Waals surface area contributed by atoms with Gasteiger partial charge in [-0.2, -0.15) is 0 Å². The molecule has 0 saturated carbocycles. The van der Waals surface area contributed by atoms with Crippen LogP contribution in [0.2, 0.25) is 0 Å². The van der Waals surface area contributed by atoms with E-state index in [1.807, 2.05) is 18.2 Å². The fourth-order valence-corrected chi connectivity index (χ4v) is 1.81. The van der Waals surface area contributed by atoms with Gasteiger partial charge in [0.1, 0.15) is 5.75 Å². The number of urea groups is 1. The van der Waals surface area contributed by atoms with Crippen molar-refractivity contribution in [3.8, 4) is 5.75 Å². The molecule has 6 nitrogen and oxygen atoms in total. The van der Waals surface area contributed by atoms with E-state index in [4.69, 9.17) is 9.47 Å². The van der Waals surface area contributed by atoms with Crippen molar-refractivity contribution in [3.63, 3.8) is 0 Å². The van der Waals surface area contributed by atoms with E-state index in [0.29, 0.717) is 24.0 Å². The van der Waals surface area contributed by atoms with Crippen LogP contribution in [0.3, 0.4) is 0 Å². The summed E-state index contributed by atoms with van der Waals surface area (Å²) in [4.78, 5) is 13.6. The molecule has 0 spiro atoms. The number of hydrogen-bond donors (Lipinski definition) is 2. The van der Waals surface area contributed by atoms with Crippen molar-refractivity contribution < 1.29 is 19.4 Å². The van der Waals surface area contributed by atoms with Gasteiger partial charge in [-0.15, -0.1) is 0 Å². The molecular weight excluding hydrogens is 284 g/mol. The third-order valence-corrected chi connectivity index (χ3v) is 2.89. The fraction of sp³-hybridized carbons (Fsp3) is 0.562. The third-order valence-electron chi connectivity index (χ3n) is 2.89. The SMILES string of the molecule is COCC(O)CN(C)C(=O)Nc1ccccc1OCC(C)C. The molecule has 0 bridgehead atoms. The van der Waals surface area contributed by atoms with Gasteiger partial charge in [-0.3, -0.25) is 0 Å². The van der Waals surface area contributed by atoms with Crippen molar-refractivity contribution in [3.05, 3.63) is 24.3 Å². The van der Waals surface area contributed by atoms with Gasteiger partial charge in [0.2, 0.25) is 0 Å². The molecule has 0 aliphatic carbocycles. The average Bonchev–Trinajstić information content (AvgIpc) is 2.46. The number of likely N-dealkylation sites (N-methyl/N-ethyl adjacent to an activating group) is 1. The van der Waals surface area contributed by atoms with E-state index < -0.39 is 6.10 Å². The number of anilines is 1. The van der Waals surface area contributed by atoms with Crippen LogP contribution in [0.5, 0.6) is 5.75 Å². The first kappa shape index (κ1) is 18.3. The second kappa shape index (κ2) is 9.27. The lowest BCUT2D eigenvalue weighted by molar-refractivity contribution is 0.0501. The highest BCUT2D eigenvalue weighted by Gasteiger charge is 2.15. The van der Waals surface area contributed by atoms with Crippen molar-refractivity contribution >= 4 is 11.7 Å². The summed E-state index contributed by atoms with van der Waals surface area (Å²) in [6.07, 6.45) is -0.715. The summed E-state index contributed by atoms with van der Waals surface area (Å²) in [6.45, 7) is 5.08. The Balaban J connectivity index is 2.63. The Morgan fingerprint density at radius 1 is 1.32 bits per heavy atom. The Morgan fingerprint density at radius 2 is 2.00 bits per heavy atom. The van der Waals surface area contributed by atoms with E-state index in [1.54, 1.807) is 13.1 Å². The number of nitrogens with one attached hydrogen (secondary N) is 1.